The molecular weight excluding hydrogens is 386 g/mol. The van der Waals surface area contributed by atoms with E-state index in [0.717, 1.165) is 27.0 Å². The predicted octanol–water partition coefficient (Wildman–Crippen LogP) is 1.40. The lowest BCUT2D eigenvalue weighted by Gasteiger charge is -2.09. The van der Waals surface area contributed by atoms with E-state index in [4.69, 9.17) is 10.7 Å². The minimum absolute atomic E-state index is 0.0263. The fraction of sp³-hybridized carbons (Fsp3) is 0.333. The van der Waals surface area contributed by atoms with Crippen molar-refractivity contribution in [2.24, 2.45) is 7.05 Å². The summed E-state index contributed by atoms with van der Waals surface area (Å²) < 4.78 is 3.86. The first-order valence-electron chi connectivity index (χ1n) is 9.24. The van der Waals surface area contributed by atoms with E-state index in [0.29, 0.717) is 24.1 Å². The van der Waals surface area contributed by atoms with Gasteiger partial charge in [-0.3, -0.25) is 5.41 Å². The maximum absolute atomic E-state index is 11.1. The summed E-state index contributed by atoms with van der Waals surface area (Å²) in [6, 6.07) is 8.94. The van der Waals surface area contributed by atoms with Crippen molar-refractivity contribution < 1.29 is 14.8 Å². The largest absolute Gasteiger partial charge is 0.396 e. The zero-order chi connectivity index (χ0) is 21.1. The van der Waals surface area contributed by atoms with Gasteiger partial charge in [0.2, 0.25) is 0 Å². The molecule has 0 aliphatic carbocycles. The van der Waals surface area contributed by atoms with E-state index in [1.807, 2.05) is 36.2 Å². The molecule has 0 saturated heterocycles. The van der Waals surface area contributed by atoms with Crippen LogP contribution in [0.15, 0.2) is 30.5 Å². The van der Waals surface area contributed by atoms with E-state index in [9.17, 15) is 10.2 Å². The van der Waals surface area contributed by atoms with Gasteiger partial charge in [0.25, 0.3) is 5.01 Å². The number of nitrogens with zero attached hydrogens (tertiary/aromatic N) is 4. The Bertz CT molecular complexity index is 1130. The average Bonchev–Trinajstić information content (AvgIpc) is 3.01. The van der Waals surface area contributed by atoms with Crippen LogP contribution in [-0.4, -0.2) is 26.4 Å². The third-order valence-corrected chi connectivity index (χ3v) is 6.40. The number of nitriles is 1. The van der Waals surface area contributed by atoms with Gasteiger partial charge in [0.1, 0.15) is 5.82 Å². The van der Waals surface area contributed by atoms with E-state index in [1.54, 1.807) is 24.3 Å². The fourth-order valence-electron chi connectivity index (χ4n) is 3.17. The lowest BCUT2D eigenvalue weighted by atomic mass is 10.1. The Kier molecular flexibility index (Phi) is 6.23. The summed E-state index contributed by atoms with van der Waals surface area (Å²) in [6.07, 6.45) is 1.52. The number of hydrogen-bond acceptors (Lipinski definition) is 6. The van der Waals surface area contributed by atoms with Crippen LogP contribution in [0.1, 0.15) is 44.2 Å². The summed E-state index contributed by atoms with van der Waals surface area (Å²) in [6.45, 7) is 4.24. The summed E-state index contributed by atoms with van der Waals surface area (Å²) >= 11 is 1.46. The van der Waals surface area contributed by atoms with Crippen LogP contribution in [0.5, 0.6) is 0 Å². The Hall–Kier alpha value is -2.86. The zero-order valence-electron chi connectivity index (χ0n) is 16.7. The summed E-state index contributed by atoms with van der Waals surface area (Å²) in [4.78, 5) is 5.27. The van der Waals surface area contributed by atoms with Crippen molar-refractivity contribution in [2.45, 2.75) is 32.9 Å². The first-order chi connectivity index (χ1) is 13.8. The lowest BCUT2D eigenvalue weighted by molar-refractivity contribution is -0.699. The van der Waals surface area contributed by atoms with E-state index in [-0.39, 0.29) is 12.1 Å². The second kappa shape index (κ2) is 8.66. The first kappa shape index (κ1) is 20.9. The summed E-state index contributed by atoms with van der Waals surface area (Å²) in [5.74, 6) is 0.754. The highest BCUT2D eigenvalue weighted by atomic mass is 32.1. The maximum atomic E-state index is 11.1. The van der Waals surface area contributed by atoms with Crippen molar-refractivity contribution in [1.29, 1.82) is 10.7 Å². The molecule has 3 N–H and O–H groups in total. The summed E-state index contributed by atoms with van der Waals surface area (Å²) in [5, 5.41) is 38.4. The molecular formula is C21H24N5O2S+. The smallest absolute Gasteiger partial charge is 0.271 e. The molecule has 0 amide bonds. The number of aromatic nitrogens is 3. The number of benzene rings is 1. The molecule has 3 aromatic rings. The van der Waals surface area contributed by atoms with Gasteiger partial charge in [-0.15, -0.1) is 0 Å². The molecule has 1 unspecified atom stereocenters. The van der Waals surface area contributed by atoms with Gasteiger partial charge in [0.15, 0.2) is 23.8 Å². The van der Waals surface area contributed by atoms with Gasteiger partial charge in [-0.2, -0.15) is 9.83 Å². The van der Waals surface area contributed by atoms with Crippen molar-refractivity contribution in [2.75, 3.05) is 6.61 Å². The van der Waals surface area contributed by atoms with Gasteiger partial charge in [0, 0.05) is 33.2 Å². The van der Waals surface area contributed by atoms with Crippen LogP contribution in [0.3, 0.4) is 0 Å². The third-order valence-electron chi connectivity index (χ3n) is 5.00. The third kappa shape index (κ3) is 4.27. The first-order valence-corrected chi connectivity index (χ1v) is 10.1. The van der Waals surface area contributed by atoms with E-state index in [2.05, 4.69) is 11.1 Å². The second-order valence-corrected chi connectivity index (χ2v) is 8.03. The van der Waals surface area contributed by atoms with Crippen molar-refractivity contribution in [1.82, 2.24) is 9.55 Å². The molecule has 3 rings (SSSR count). The quantitative estimate of drug-likeness (QED) is 0.534. The van der Waals surface area contributed by atoms with E-state index in [1.165, 1.54) is 11.3 Å². The van der Waals surface area contributed by atoms with Crippen LogP contribution in [0.2, 0.25) is 0 Å². The van der Waals surface area contributed by atoms with Crippen LogP contribution in [-0.2, 0) is 20.0 Å². The number of aryl methyl sites for hydroxylation is 2. The topological polar surface area (TPSA) is 110 Å². The van der Waals surface area contributed by atoms with Crippen LogP contribution in [0.4, 0.5) is 0 Å². The van der Waals surface area contributed by atoms with Gasteiger partial charge in [-0.05, 0) is 24.6 Å². The minimum Gasteiger partial charge on any atom is -0.396 e. The average molecular weight is 411 g/mol. The number of nitrogens with one attached hydrogen (secondary N) is 1. The number of aliphatic hydroxyl groups is 2. The molecule has 2 aromatic heterocycles. The van der Waals surface area contributed by atoms with Gasteiger partial charge in [0.05, 0.1) is 22.1 Å². The normalized spacial score (nSPS) is 12.0. The zero-order valence-corrected chi connectivity index (χ0v) is 17.5. The molecule has 8 heteroatoms. The van der Waals surface area contributed by atoms with E-state index >= 15 is 0 Å². The Morgan fingerprint density at radius 2 is 2.00 bits per heavy atom. The minimum atomic E-state index is -0.875. The molecule has 0 spiro atoms. The Balaban J connectivity index is 2.07. The molecule has 0 aliphatic rings. The highest BCUT2D eigenvalue weighted by Gasteiger charge is 2.30. The van der Waals surface area contributed by atoms with Crippen LogP contribution >= 0.6 is 11.3 Å². The van der Waals surface area contributed by atoms with E-state index < -0.39 is 6.10 Å². The number of hydrogen-bond donors (Lipinski definition) is 3. The van der Waals surface area contributed by atoms with Crippen molar-refractivity contribution >= 4 is 11.3 Å². The molecule has 150 valence electrons. The molecule has 0 aliphatic heterocycles. The van der Waals surface area contributed by atoms with Gasteiger partial charge < -0.3 is 14.8 Å². The van der Waals surface area contributed by atoms with Gasteiger partial charge in [-0.25, -0.2) is 4.98 Å². The fourth-order valence-corrected chi connectivity index (χ4v) is 4.44. The van der Waals surface area contributed by atoms with Gasteiger partial charge >= 0.3 is 0 Å². The molecule has 1 atom stereocenters. The van der Waals surface area contributed by atoms with Crippen LogP contribution in [0, 0.1) is 30.6 Å². The Morgan fingerprint density at radius 1 is 1.31 bits per heavy atom. The van der Waals surface area contributed by atoms with Crippen molar-refractivity contribution in [3.63, 3.8) is 0 Å². The van der Waals surface area contributed by atoms with Crippen LogP contribution < -0.4 is 10.1 Å². The molecule has 0 saturated carbocycles. The molecule has 0 bridgehead atoms. The SMILES string of the molecule is Cc1nc(=N)c(C[n+]2c(C(O)c3ccc(C#N)cc3)sc(CCO)c2C)cn1C. The highest BCUT2D eigenvalue weighted by molar-refractivity contribution is 7.11. The monoisotopic (exact) mass is 410 g/mol. The predicted molar refractivity (Wildman–Crippen MR) is 108 cm³/mol. The number of rotatable bonds is 6. The lowest BCUT2D eigenvalue weighted by Crippen LogP contribution is -2.43. The Labute approximate surface area is 173 Å². The molecule has 0 fully saturated rings. The number of aliphatic hydroxyl groups excluding tert-OH is 2. The summed E-state index contributed by atoms with van der Waals surface area (Å²) in [5.41, 5.74) is 3.13. The highest BCUT2D eigenvalue weighted by Crippen LogP contribution is 2.28. The molecule has 7 nitrogen and oxygen atoms in total. The Morgan fingerprint density at radius 3 is 2.62 bits per heavy atom. The number of thiazole rings is 1. The molecule has 29 heavy (non-hydrogen) atoms. The summed E-state index contributed by atoms with van der Waals surface area (Å²) in [7, 11) is 1.89. The second-order valence-electron chi connectivity index (χ2n) is 6.92. The van der Waals surface area contributed by atoms with Gasteiger partial charge in [-0.1, -0.05) is 23.5 Å². The molecule has 0 radical (unpaired) electrons. The van der Waals surface area contributed by atoms with Crippen molar-refractivity contribution in [3.05, 3.63) is 74.0 Å². The van der Waals surface area contributed by atoms with Crippen molar-refractivity contribution in [3.8, 4) is 6.07 Å². The maximum Gasteiger partial charge on any atom is 0.271 e. The molecule has 1 aromatic carbocycles. The standard InChI is InChI=1S/C21H24N5O2S/c1-13-18(8-9-27)29-21(19(28)16-6-4-15(10-22)5-7-16)26(13)12-17-11-25(3)14(2)24-20(17)23/h4-7,11,19,23,27-28H,8-9,12H2,1-3H3/q+1. The molecule has 2 heterocycles. The van der Waals surface area contributed by atoms with Crippen LogP contribution in [0.25, 0.3) is 0 Å².